The van der Waals surface area contributed by atoms with Gasteiger partial charge in [-0.3, -0.25) is 4.79 Å². The fraction of sp³-hybridized carbons (Fsp3) is 0.286. The monoisotopic (exact) mass is 430 g/mol. The van der Waals surface area contributed by atoms with Gasteiger partial charge in [-0.1, -0.05) is 30.3 Å². The zero-order valence-corrected chi connectivity index (χ0v) is 16.3. The summed E-state index contributed by atoms with van der Waals surface area (Å²) < 4.78 is 47.7. The zero-order chi connectivity index (χ0) is 21.9. The van der Waals surface area contributed by atoms with Gasteiger partial charge in [-0.05, 0) is 25.3 Å². The molecular weight excluding hydrogens is 413 g/mol. The van der Waals surface area contributed by atoms with Crippen molar-refractivity contribution in [2.75, 3.05) is 0 Å². The molecule has 7 nitrogen and oxygen atoms in total. The fourth-order valence-corrected chi connectivity index (χ4v) is 4.02. The van der Waals surface area contributed by atoms with Crippen molar-refractivity contribution < 1.29 is 22.7 Å². The number of H-pyrrole nitrogens is 1. The van der Waals surface area contributed by atoms with Crippen LogP contribution >= 0.6 is 0 Å². The average molecular weight is 430 g/mol. The molecule has 5 rings (SSSR count). The lowest BCUT2D eigenvalue weighted by molar-refractivity contribution is -0.140. The molecule has 1 atom stereocenters. The molecular formula is C21H17F3N4O3. The minimum atomic E-state index is -4.77. The van der Waals surface area contributed by atoms with Crippen molar-refractivity contribution in [2.24, 2.45) is 0 Å². The van der Waals surface area contributed by atoms with Gasteiger partial charge in [-0.25, -0.2) is 4.98 Å². The largest absolute Gasteiger partial charge is 0.440 e. The number of oxazole rings is 1. The minimum absolute atomic E-state index is 0.0232. The molecule has 2 N–H and O–H groups in total. The Hall–Kier alpha value is -3.40. The number of aromatic amines is 1. The summed E-state index contributed by atoms with van der Waals surface area (Å²) in [5, 5.41) is 13.7. The van der Waals surface area contributed by atoms with Crippen LogP contribution in [0.25, 0.3) is 28.2 Å². The Morgan fingerprint density at radius 2 is 1.97 bits per heavy atom. The Morgan fingerprint density at radius 1 is 1.23 bits per heavy atom. The molecule has 0 aliphatic heterocycles. The maximum absolute atomic E-state index is 13.8. The summed E-state index contributed by atoms with van der Waals surface area (Å²) in [6.45, 7) is 1.56. The minimum Gasteiger partial charge on any atom is -0.440 e. The lowest BCUT2D eigenvalue weighted by Crippen LogP contribution is -2.20. The number of nitrogens with zero attached hydrogens (tertiary/aromatic N) is 3. The van der Waals surface area contributed by atoms with Crippen molar-refractivity contribution in [3.05, 3.63) is 63.5 Å². The molecule has 0 fully saturated rings. The number of hydrogen-bond donors (Lipinski definition) is 2. The zero-order valence-electron chi connectivity index (χ0n) is 16.3. The smallest absolute Gasteiger partial charge is 0.435 e. The van der Waals surface area contributed by atoms with Crippen LogP contribution < -0.4 is 5.56 Å². The highest BCUT2D eigenvalue weighted by Gasteiger charge is 2.39. The van der Waals surface area contributed by atoms with Gasteiger partial charge in [0, 0.05) is 12.1 Å². The van der Waals surface area contributed by atoms with Gasteiger partial charge in [-0.2, -0.15) is 22.8 Å². The molecule has 0 amide bonds. The van der Waals surface area contributed by atoms with Crippen molar-refractivity contribution in [3.63, 3.8) is 0 Å². The third-order valence-corrected chi connectivity index (χ3v) is 5.44. The second-order valence-corrected chi connectivity index (χ2v) is 7.51. The molecule has 3 heterocycles. The number of rotatable bonds is 2. The topological polar surface area (TPSA) is 96.4 Å². The second-order valence-electron chi connectivity index (χ2n) is 7.51. The van der Waals surface area contributed by atoms with E-state index in [2.05, 4.69) is 15.1 Å². The van der Waals surface area contributed by atoms with Crippen molar-refractivity contribution in [1.82, 2.24) is 19.6 Å². The number of alkyl halides is 3. The van der Waals surface area contributed by atoms with Crippen LogP contribution in [0.15, 0.2) is 39.5 Å². The molecule has 0 spiro atoms. The predicted molar refractivity (Wildman–Crippen MR) is 104 cm³/mol. The van der Waals surface area contributed by atoms with E-state index in [1.807, 2.05) is 0 Å². The summed E-state index contributed by atoms with van der Waals surface area (Å²) in [5.41, 5.74) is -1.31. The SMILES string of the molecule is Cc1[nH]c2c(-c3ccccc3)c(C(F)(F)F)nn2c(=O)c1-c1nc2c(o1)CCCC2O. The Labute approximate surface area is 173 Å². The Morgan fingerprint density at radius 3 is 2.65 bits per heavy atom. The average Bonchev–Trinajstić information content (AvgIpc) is 3.31. The van der Waals surface area contributed by atoms with Gasteiger partial charge in [0.2, 0.25) is 5.89 Å². The second kappa shape index (κ2) is 6.81. The van der Waals surface area contributed by atoms with E-state index < -0.39 is 23.5 Å². The van der Waals surface area contributed by atoms with E-state index in [1.165, 1.54) is 12.1 Å². The molecule has 0 bridgehead atoms. The standard InChI is InChI=1S/C21H17F3N4O3/c1-10-14(19-26-16-12(29)8-5-9-13(16)31-19)20(30)28-18(25-10)15(11-6-3-2-4-7-11)17(27-28)21(22,23)24/h2-4,6-7,12,25,29H,5,8-9H2,1H3. The molecule has 160 valence electrons. The summed E-state index contributed by atoms with van der Waals surface area (Å²) in [7, 11) is 0. The Balaban J connectivity index is 1.79. The third-order valence-electron chi connectivity index (χ3n) is 5.44. The first-order valence-corrected chi connectivity index (χ1v) is 9.72. The van der Waals surface area contributed by atoms with Gasteiger partial charge in [0.15, 0.2) is 5.69 Å². The number of aryl methyl sites for hydroxylation is 2. The summed E-state index contributed by atoms with van der Waals surface area (Å²) in [4.78, 5) is 20.4. The van der Waals surface area contributed by atoms with Gasteiger partial charge >= 0.3 is 6.18 Å². The van der Waals surface area contributed by atoms with Crippen LogP contribution in [0.5, 0.6) is 0 Å². The molecule has 1 aliphatic carbocycles. The van der Waals surface area contributed by atoms with Crippen LogP contribution in [0.3, 0.4) is 0 Å². The van der Waals surface area contributed by atoms with Crippen molar-refractivity contribution in [2.45, 2.75) is 38.5 Å². The van der Waals surface area contributed by atoms with E-state index in [-0.39, 0.29) is 33.9 Å². The van der Waals surface area contributed by atoms with Gasteiger partial charge in [0.1, 0.15) is 22.7 Å². The van der Waals surface area contributed by atoms with E-state index >= 15 is 0 Å². The number of halogens is 3. The molecule has 3 aromatic heterocycles. The molecule has 1 aromatic carbocycles. The molecule has 10 heteroatoms. The first-order chi connectivity index (χ1) is 14.8. The van der Waals surface area contributed by atoms with Crippen LogP contribution in [0, 0.1) is 6.92 Å². The van der Waals surface area contributed by atoms with E-state index in [4.69, 9.17) is 4.42 Å². The summed E-state index contributed by atoms with van der Waals surface area (Å²) in [5.74, 6) is 0.436. The van der Waals surface area contributed by atoms with Gasteiger partial charge < -0.3 is 14.5 Å². The maximum Gasteiger partial charge on any atom is 0.435 e. The number of fused-ring (bicyclic) bond motifs is 2. The maximum atomic E-state index is 13.8. The predicted octanol–water partition coefficient (Wildman–Crippen LogP) is 4.04. The molecule has 31 heavy (non-hydrogen) atoms. The first-order valence-electron chi connectivity index (χ1n) is 9.72. The number of aliphatic hydroxyl groups is 1. The molecule has 0 saturated carbocycles. The molecule has 0 radical (unpaired) electrons. The lowest BCUT2D eigenvalue weighted by atomic mass is 9.99. The molecule has 0 saturated heterocycles. The number of aliphatic hydroxyl groups excluding tert-OH is 1. The van der Waals surface area contributed by atoms with Crippen molar-refractivity contribution in [1.29, 1.82) is 0 Å². The highest BCUT2D eigenvalue weighted by Crippen LogP contribution is 2.39. The highest BCUT2D eigenvalue weighted by atomic mass is 19.4. The molecule has 4 aromatic rings. The summed E-state index contributed by atoms with van der Waals surface area (Å²) in [6, 6.07) is 7.96. The van der Waals surface area contributed by atoms with Gasteiger partial charge in [0.25, 0.3) is 5.56 Å². The van der Waals surface area contributed by atoms with E-state index in [0.717, 1.165) is 0 Å². The van der Waals surface area contributed by atoms with Crippen molar-refractivity contribution >= 4 is 5.65 Å². The quantitative estimate of drug-likeness (QED) is 0.500. The summed E-state index contributed by atoms with van der Waals surface area (Å²) in [6.07, 6.45) is -3.75. The van der Waals surface area contributed by atoms with Gasteiger partial charge in [0.05, 0.1) is 11.7 Å². The lowest BCUT2D eigenvalue weighted by Gasteiger charge is -2.13. The van der Waals surface area contributed by atoms with E-state index in [9.17, 15) is 23.1 Å². The number of nitrogens with one attached hydrogen (secondary N) is 1. The van der Waals surface area contributed by atoms with Crippen LogP contribution in [0.2, 0.25) is 0 Å². The van der Waals surface area contributed by atoms with Crippen LogP contribution in [-0.4, -0.2) is 24.7 Å². The molecule has 1 unspecified atom stereocenters. The summed E-state index contributed by atoms with van der Waals surface area (Å²) >= 11 is 0. The van der Waals surface area contributed by atoms with Crippen LogP contribution in [-0.2, 0) is 12.6 Å². The Kier molecular flexibility index (Phi) is 4.30. The number of hydrogen-bond acceptors (Lipinski definition) is 5. The first kappa shape index (κ1) is 19.6. The van der Waals surface area contributed by atoms with Gasteiger partial charge in [-0.15, -0.1) is 0 Å². The van der Waals surface area contributed by atoms with Crippen LogP contribution in [0.1, 0.15) is 41.8 Å². The third kappa shape index (κ3) is 3.05. The van der Waals surface area contributed by atoms with Crippen LogP contribution in [0.4, 0.5) is 13.2 Å². The Bertz CT molecular complexity index is 1350. The highest BCUT2D eigenvalue weighted by molar-refractivity contribution is 5.81. The fourth-order valence-electron chi connectivity index (χ4n) is 4.02. The number of aromatic nitrogens is 4. The number of benzene rings is 1. The van der Waals surface area contributed by atoms with Crippen molar-refractivity contribution in [3.8, 4) is 22.6 Å². The van der Waals surface area contributed by atoms with E-state index in [1.54, 1.807) is 25.1 Å². The normalized spacial score (nSPS) is 16.6. The molecule has 1 aliphatic rings. The van der Waals surface area contributed by atoms with E-state index in [0.29, 0.717) is 35.2 Å².